The summed E-state index contributed by atoms with van der Waals surface area (Å²) in [6.07, 6.45) is 8.09. The van der Waals surface area contributed by atoms with E-state index in [1.54, 1.807) is 0 Å². The molecular formula is C18H34N2O. The minimum Gasteiger partial charge on any atom is -0.381 e. The number of piperidine rings is 1. The van der Waals surface area contributed by atoms with Crippen LogP contribution in [0, 0.1) is 17.3 Å². The van der Waals surface area contributed by atoms with Gasteiger partial charge in [0.1, 0.15) is 0 Å². The van der Waals surface area contributed by atoms with Gasteiger partial charge in [-0.25, -0.2) is 0 Å². The maximum absolute atomic E-state index is 5.64. The van der Waals surface area contributed by atoms with E-state index in [0.717, 1.165) is 31.1 Å². The lowest BCUT2D eigenvalue weighted by Gasteiger charge is -2.43. The molecule has 1 aliphatic carbocycles. The Hall–Kier alpha value is -0.120. The van der Waals surface area contributed by atoms with Crippen LogP contribution in [0.1, 0.15) is 52.4 Å². The molecule has 1 N–H and O–H groups in total. The molecule has 0 atom stereocenters. The summed E-state index contributed by atoms with van der Waals surface area (Å²) in [5.74, 6) is 1.82. The normalized spacial score (nSPS) is 28.1. The molecular weight excluding hydrogens is 260 g/mol. The van der Waals surface area contributed by atoms with Crippen LogP contribution in [0.4, 0.5) is 0 Å². The van der Waals surface area contributed by atoms with Crippen molar-refractivity contribution < 1.29 is 4.74 Å². The van der Waals surface area contributed by atoms with Gasteiger partial charge in [-0.3, -0.25) is 0 Å². The van der Waals surface area contributed by atoms with Crippen molar-refractivity contribution in [3.8, 4) is 0 Å². The average molecular weight is 294 g/mol. The molecule has 0 aromatic rings. The van der Waals surface area contributed by atoms with Crippen molar-refractivity contribution in [1.82, 2.24) is 10.2 Å². The van der Waals surface area contributed by atoms with Crippen LogP contribution in [0.5, 0.6) is 0 Å². The quantitative estimate of drug-likeness (QED) is 0.815. The number of likely N-dealkylation sites (tertiary alicyclic amines) is 1. The molecule has 3 aliphatic rings. The third kappa shape index (κ3) is 4.43. The van der Waals surface area contributed by atoms with Gasteiger partial charge < -0.3 is 15.0 Å². The molecule has 0 spiro atoms. The molecule has 2 aliphatic heterocycles. The summed E-state index contributed by atoms with van der Waals surface area (Å²) in [5.41, 5.74) is 0.478. The topological polar surface area (TPSA) is 24.5 Å². The zero-order valence-corrected chi connectivity index (χ0v) is 14.1. The number of hydrogen-bond acceptors (Lipinski definition) is 3. The number of hydrogen-bond donors (Lipinski definition) is 1. The van der Waals surface area contributed by atoms with Crippen LogP contribution in [0.15, 0.2) is 0 Å². The number of nitrogens with one attached hydrogen (secondary N) is 1. The standard InChI is InChI=1S/C18H34N2O/c1-15(2)16-5-9-20(10-6-16)14-18(7-11-21-12-8-18)13-19-17-3-4-17/h15-17,19H,3-14H2,1-2H3. The lowest BCUT2D eigenvalue weighted by atomic mass is 9.78. The molecule has 0 unspecified atom stereocenters. The fourth-order valence-electron chi connectivity index (χ4n) is 4.10. The van der Waals surface area contributed by atoms with Crippen LogP contribution in [0.3, 0.4) is 0 Å². The summed E-state index contributed by atoms with van der Waals surface area (Å²) < 4.78 is 5.64. The van der Waals surface area contributed by atoms with E-state index in [4.69, 9.17) is 4.74 Å². The van der Waals surface area contributed by atoms with Gasteiger partial charge in [0.05, 0.1) is 0 Å². The van der Waals surface area contributed by atoms with E-state index < -0.39 is 0 Å². The van der Waals surface area contributed by atoms with E-state index in [1.807, 2.05) is 0 Å². The van der Waals surface area contributed by atoms with Crippen molar-refractivity contribution in [3.05, 3.63) is 0 Å². The van der Waals surface area contributed by atoms with Crippen molar-refractivity contribution in [2.75, 3.05) is 39.4 Å². The minimum absolute atomic E-state index is 0.478. The Morgan fingerprint density at radius 3 is 2.33 bits per heavy atom. The highest BCUT2D eigenvalue weighted by atomic mass is 16.5. The molecule has 3 fully saturated rings. The van der Waals surface area contributed by atoms with Gasteiger partial charge in [0.2, 0.25) is 0 Å². The van der Waals surface area contributed by atoms with E-state index >= 15 is 0 Å². The predicted octanol–water partition coefficient (Wildman–Crippen LogP) is 2.90. The van der Waals surface area contributed by atoms with E-state index in [9.17, 15) is 0 Å². The molecule has 0 amide bonds. The smallest absolute Gasteiger partial charge is 0.0472 e. The predicted molar refractivity (Wildman–Crippen MR) is 87.5 cm³/mol. The van der Waals surface area contributed by atoms with Crippen molar-refractivity contribution >= 4 is 0 Å². The molecule has 0 bridgehead atoms. The summed E-state index contributed by atoms with van der Waals surface area (Å²) >= 11 is 0. The van der Waals surface area contributed by atoms with Crippen LogP contribution in [-0.4, -0.2) is 50.3 Å². The fourth-order valence-corrected chi connectivity index (χ4v) is 4.10. The first-order chi connectivity index (χ1) is 10.2. The van der Waals surface area contributed by atoms with Gasteiger partial charge in [-0.1, -0.05) is 13.8 Å². The monoisotopic (exact) mass is 294 g/mol. The second-order valence-corrected chi connectivity index (χ2v) is 8.13. The van der Waals surface area contributed by atoms with Crippen molar-refractivity contribution in [1.29, 1.82) is 0 Å². The Morgan fingerprint density at radius 2 is 1.76 bits per heavy atom. The van der Waals surface area contributed by atoms with Crippen LogP contribution >= 0.6 is 0 Å². The number of rotatable bonds is 6. The summed E-state index contributed by atoms with van der Waals surface area (Å²) in [6.45, 7) is 11.8. The Morgan fingerprint density at radius 1 is 1.10 bits per heavy atom. The summed E-state index contributed by atoms with van der Waals surface area (Å²) in [4.78, 5) is 2.75. The van der Waals surface area contributed by atoms with Crippen LogP contribution in [0.2, 0.25) is 0 Å². The van der Waals surface area contributed by atoms with Crippen molar-refractivity contribution in [2.45, 2.75) is 58.4 Å². The van der Waals surface area contributed by atoms with Gasteiger partial charge in [-0.15, -0.1) is 0 Å². The third-order valence-corrected chi connectivity index (χ3v) is 6.03. The van der Waals surface area contributed by atoms with Crippen LogP contribution < -0.4 is 5.32 Å². The molecule has 122 valence electrons. The van der Waals surface area contributed by atoms with E-state index in [2.05, 4.69) is 24.1 Å². The first-order valence-electron chi connectivity index (χ1n) is 9.20. The Labute approximate surface area is 130 Å². The van der Waals surface area contributed by atoms with Gasteiger partial charge in [0.15, 0.2) is 0 Å². The van der Waals surface area contributed by atoms with Crippen molar-refractivity contribution in [3.63, 3.8) is 0 Å². The zero-order chi connectivity index (χ0) is 14.7. The first kappa shape index (κ1) is 15.8. The van der Waals surface area contributed by atoms with Gasteiger partial charge in [0.25, 0.3) is 0 Å². The molecule has 2 heterocycles. The van der Waals surface area contributed by atoms with Gasteiger partial charge in [0, 0.05) is 32.3 Å². The molecule has 3 rings (SSSR count). The Balaban J connectivity index is 1.51. The Bertz CT molecular complexity index is 313. The average Bonchev–Trinajstić information content (AvgIpc) is 3.31. The molecule has 0 aromatic carbocycles. The van der Waals surface area contributed by atoms with E-state index in [0.29, 0.717) is 5.41 Å². The Kier molecular flexibility index (Phi) is 5.23. The molecule has 0 radical (unpaired) electrons. The third-order valence-electron chi connectivity index (χ3n) is 6.03. The highest BCUT2D eigenvalue weighted by Gasteiger charge is 2.37. The number of nitrogens with zero attached hydrogens (tertiary/aromatic N) is 1. The summed E-state index contributed by atoms with van der Waals surface area (Å²) in [7, 11) is 0. The lowest BCUT2D eigenvalue weighted by Crippen LogP contribution is -2.49. The van der Waals surface area contributed by atoms with Crippen molar-refractivity contribution in [2.24, 2.45) is 17.3 Å². The zero-order valence-electron chi connectivity index (χ0n) is 14.1. The molecule has 0 aromatic heterocycles. The van der Waals surface area contributed by atoms with Gasteiger partial charge in [-0.2, -0.15) is 0 Å². The first-order valence-corrected chi connectivity index (χ1v) is 9.20. The van der Waals surface area contributed by atoms with E-state index in [-0.39, 0.29) is 0 Å². The van der Waals surface area contributed by atoms with Crippen LogP contribution in [-0.2, 0) is 4.74 Å². The highest BCUT2D eigenvalue weighted by molar-refractivity contribution is 4.92. The molecule has 21 heavy (non-hydrogen) atoms. The largest absolute Gasteiger partial charge is 0.381 e. The number of ether oxygens (including phenoxy) is 1. The molecule has 2 saturated heterocycles. The second kappa shape index (κ2) is 6.97. The van der Waals surface area contributed by atoms with E-state index in [1.165, 1.54) is 64.7 Å². The second-order valence-electron chi connectivity index (χ2n) is 8.13. The SMILES string of the molecule is CC(C)C1CCN(CC2(CNC3CC3)CCOCC2)CC1. The minimum atomic E-state index is 0.478. The molecule has 1 saturated carbocycles. The maximum atomic E-state index is 5.64. The van der Waals surface area contributed by atoms with Crippen LogP contribution in [0.25, 0.3) is 0 Å². The maximum Gasteiger partial charge on any atom is 0.0472 e. The fraction of sp³-hybridized carbons (Fsp3) is 1.00. The summed E-state index contributed by atoms with van der Waals surface area (Å²) in [6, 6.07) is 0.830. The van der Waals surface area contributed by atoms with Gasteiger partial charge in [-0.05, 0) is 68.9 Å². The van der Waals surface area contributed by atoms with Gasteiger partial charge >= 0.3 is 0 Å². The summed E-state index contributed by atoms with van der Waals surface area (Å²) in [5, 5.41) is 3.80. The molecule has 3 nitrogen and oxygen atoms in total. The lowest BCUT2D eigenvalue weighted by molar-refractivity contribution is -0.0110. The highest BCUT2D eigenvalue weighted by Crippen LogP contribution is 2.34. The molecule has 3 heteroatoms.